The molecule has 2 aromatic rings. The number of nitrogens with one attached hydrogen (secondary N) is 2. The third-order valence-corrected chi connectivity index (χ3v) is 4.50. The van der Waals surface area contributed by atoms with Gasteiger partial charge in [0.1, 0.15) is 11.5 Å². The lowest BCUT2D eigenvalue weighted by atomic mass is 10.2. The molecule has 7 heteroatoms. The standard InChI is InChI=1S/C19H22ClN3O2.ClH/c1-14-12-21-10-11-23(14)13-19(24)22-15-6-8-16(9-7-15)25-18-5-3-2-4-17(18)20;/h2-9,14,21H,10-13H2,1H3,(H,22,24);1H/t14-;/m0./s1. The minimum absolute atomic E-state index is 0. The van der Waals surface area contributed by atoms with Crippen molar-refractivity contribution >= 4 is 35.6 Å². The van der Waals surface area contributed by atoms with Crippen LogP contribution in [-0.4, -0.2) is 43.0 Å². The summed E-state index contributed by atoms with van der Waals surface area (Å²) in [5.41, 5.74) is 0.749. The summed E-state index contributed by atoms with van der Waals surface area (Å²) >= 11 is 6.09. The van der Waals surface area contributed by atoms with Crippen molar-refractivity contribution in [3.05, 3.63) is 53.6 Å². The van der Waals surface area contributed by atoms with Crippen molar-refractivity contribution in [2.75, 3.05) is 31.5 Å². The Hall–Kier alpha value is -1.79. The summed E-state index contributed by atoms with van der Waals surface area (Å²) < 4.78 is 5.74. The zero-order valence-corrected chi connectivity index (χ0v) is 16.1. The maximum absolute atomic E-state index is 12.2. The molecule has 140 valence electrons. The van der Waals surface area contributed by atoms with E-state index >= 15 is 0 Å². The molecule has 5 nitrogen and oxygen atoms in total. The number of nitrogens with zero attached hydrogens (tertiary/aromatic N) is 1. The molecule has 0 aliphatic carbocycles. The second kappa shape index (κ2) is 9.78. The lowest BCUT2D eigenvalue weighted by Crippen LogP contribution is -2.51. The number of rotatable bonds is 5. The first-order valence-electron chi connectivity index (χ1n) is 8.39. The second-order valence-corrected chi connectivity index (χ2v) is 6.54. The molecule has 0 unspecified atom stereocenters. The number of benzene rings is 2. The van der Waals surface area contributed by atoms with E-state index in [0.717, 1.165) is 25.3 Å². The quantitative estimate of drug-likeness (QED) is 0.808. The fourth-order valence-corrected chi connectivity index (χ4v) is 2.94. The Labute approximate surface area is 165 Å². The van der Waals surface area contributed by atoms with Crippen LogP contribution < -0.4 is 15.4 Å². The van der Waals surface area contributed by atoms with Crippen LogP contribution in [0.15, 0.2) is 48.5 Å². The van der Waals surface area contributed by atoms with Crippen molar-refractivity contribution in [2.45, 2.75) is 13.0 Å². The Morgan fingerprint density at radius 3 is 2.69 bits per heavy atom. The SMILES string of the molecule is C[C@H]1CNCCN1CC(=O)Nc1ccc(Oc2ccccc2Cl)cc1.Cl. The van der Waals surface area contributed by atoms with Gasteiger partial charge in [0.05, 0.1) is 11.6 Å². The normalized spacial score (nSPS) is 17.2. The van der Waals surface area contributed by atoms with E-state index in [1.165, 1.54) is 0 Å². The van der Waals surface area contributed by atoms with Crippen LogP contribution in [0.25, 0.3) is 0 Å². The average Bonchev–Trinajstić information content (AvgIpc) is 2.61. The van der Waals surface area contributed by atoms with Crippen molar-refractivity contribution in [1.82, 2.24) is 10.2 Å². The fraction of sp³-hybridized carbons (Fsp3) is 0.316. The van der Waals surface area contributed by atoms with E-state index in [9.17, 15) is 4.79 Å². The predicted molar refractivity (Wildman–Crippen MR) is 108 cm³/mol. The molecular formula is C19H23Cl2N3O2. The molecule has 3 rings (SSSR count). The van der Waals surface area contributed by atoms with Gasteiger partial charge in [-0.15, -0.1) is 12.4 Å². The van der Waals surface area contributed by atoms with Crippen LogP contribution in [-0.2, 0) is 4.79 Å². The van der Waals surface area contributed by atoms with Crippen LogP contribution >= 0.6 is 24.0 Å². The van der Waals surface area contributed by atoms with Crippen molar-refractivity contribution in [3.8, 4) is 11.5 Å². The first-order chi connectivity index (χ1) is 12.1. The highest BCUT2D eigenvalue weighted by Crippen LogP contribution is 2.29. The molecule has 0 spiro atoms. The van der Waals surface area contributed by atoms with Gasteiger partial charge in [0.2, 0.25) is 5.91 Å². The maximum Gasteiger partial charge on any atom is 0.238 e. The summed E-state index contributed by atoms with van der Waals surface area (Å²) in [5.74, 6) is 1.27. The van der Waals surface area contributed by atoms with Crippen LogP contribution in [0.3, 0.4) is 0 Å². The van der Waals surface area contributed by atoms with Gasteiger partial charge in [0.15, 0.2) is 0 Å². The Bertz CT molecular complexity index is 725. The van der Waals surface area contributed by atoms with Crippen molar-refractivity contribution < 1.29 is 9.53 Å². The van der Waals surface area contributed by atoms with Gasteiger partial charge in [-0.3, -0.25) is 9.69 Å². The Balaban J connectivity index is 0.00000243. The fourth-order valence-electron chi connectivity index (χ4n) is 2.76. The molecule has 0 aromatic heterocycles. The zero-order valence-electron chi connectivity index (χ0n) is 14.6. The molecule has 26 heavy (non-hydrogen) atoms. The number of hydrogen-bond acceptors (Lipinski definition) is 4. The molecule has 2 N–H and O–H groups in total. The summed E-state index contributed by atoms with van der Waals surface area (Å²) in [6, 6.07) is 15.0. The van der Waals surface area contributed by atoms with E-state index in [0.29, 0.717) is 29.1 Å². The molecule has 1 aliphatic heterocycles. The molecule has 1 saturated heterocycles. The number of para-hydroxylation sites is 1. The summed E-state index contributed by atoms with van der Waals surface area (Å²) in [6.45, 7) is 5.26. The van der Waals surface area contributed by atoms with Crippen LogP contribution in [0.4, 0.5) is 5.69 Å². The number of carbonyl (C=O) groups excluding carboxylic acids is 1. The highest BCUT2D eigenvalue weighted by atomic mass is 35.5. The summed E-state index contributed by atoms with van der Waals surface area (Å²) in [6.07, 6.45) is 0. The Kier molecular flexibility index (Phi) is 7.72. The largest absolute Gasteiger partial charge is 0.456 e. The molecular weight excluding hydrogens is 373 g/mol. The van der Waals surface area contributed by atoms with Crippen molar-refractivity contribution in [2.24, 2.45) is 0 Å². The zero-order chi connectivity index (χ0) is 17.6. The van der Waals surface area contributed by atoms with Gasteiger partial charge >= 0.3 is 0 Å². The first kappa shape index (κ1) is 20.5. The lowest BCUT2D eigenvalue weighted by molar-refractivity contribution is -0.118. The number of carbonyl (C=O) groups is 1. The van der Waals surface area contributed by atoms with Crippen molar-refractivity contribution in [1.29, 1.82) is 0 Å². The summed E-state index contributed by atoms with van der Waals surface area (Å²) in [5, 5.41) is 6.81. The van der Waals surface area contributed by atoms with E-state index in [4.69, 9.17) is 16.3 Å². The molecule has 1 heterocycles. The van der Waals surface area contributed by atoms with E-state index in [1.54, 1.807) is 6.07 Å². The van der Waals surface area contributed by atoms with Gasteiger partial charge in [-0.1, -0.05) is 23.7 Å². The molecule has 1 atom stereocenters. The number of hydrogen-bond donors (Lipinski definition) is 2. The summed E-state index contributed by atoms with van der Waals surface area (Å²) in [7, 11) is 0. The third-order valence-electron chi connectivity index (χ3n) is 4.19. The molecule has 0 bridgehead atoms. The van der Waals surface area contributed by atoms with Gasteiger partial charge in [-0.2, -0.15) is 0 Å². The van der Waals surface area contributed by atoms with Gasteiger partial charge in [0, 0.05) is 31.4 Å². The van der Waals surface area contributed by atoms with E-state index in [-0.39, 0.29) is 18.3 Å². The number of amides is 1. The van der Waals surface area contributed by atoms with E-state index in [1.807, 2.05) is 42.5 Å². The van der Waals surface area contributed by atoms with Crippen LogP contribution in [0.5, 0.6) is 11.5 Å². The minimum Gasteiger partial charge on any atom is -0.456 e. The van der Waals surface area contributed by atoms with E-state index < -0.39 is 0 Å². The number of anilines is 1. The van der Waals surface area contributed by atoms with Crippen molar-refractivity contribution in [3.63, 3.8) is 0 Å². The van der Waals surface area contributed by atoms with Gasteiger partial charge in [0.25, 0.3) is 0 Å². The number of piperazine rings is 1. The third kappa shape index (κ3) is 5.61. The highest BCUT2D eigenvalue weighted by Gasteiger charge is 2.20. The predicted octanol–water partition coefficient (Wildman–Crippen LogP) is 3.79. The van der Waals surface area contributed by atoms with Gasteiger partial charge in [-0.25, -0.2) is 0 Å². The van der Waals surface area contributed by atoms with E-state index in [2.05, 4.69) is 22.5 Å². The average molecular weight is 396 g/mol. The topological polar surface area (TPSA) is 53.6 Å². The van der Waals surface area contributed by atoms with Gasteiger partial charge < -0.3 is 15.4 Å². The smallest absolute Gasteiger partial charge is 0.238 e. The van der Waals surface area contributed by atoms with Crippen LogP contribution in [0, 0.1) is 0 Å². The maximum atomic E-state index is 12.2. The monoisotopic (exact) mass is 395 g/mol. The minimum atomic E-state index is -0.00600. The molecule has 0 saturated carbocycles. The first-order valence-corrected chi connectivity index (χ1v) is 8.76. The molecule has 1 fully saturated rings. The van der Waals surface area contributed by atoms with Gasteiger partial charge in [-0.05, 0) is 43.3 Å². The van der Waals surface area contributed by atoms with Crippen LogP contribution in [0.1, 0.15) is 6.92 Å². The Morgan fingerprint density at radius 1 is 1.27 bits per heavy atom. The lowest BCUT2D eigenvalue weighted by Gasteiger charge is -2.33. The highest BCUT2D eigenvalue weighted by molar-refractivity contribution is 6.32. The summed E-state index contributed by atoms with van der Waals surface area (Å²) in [4.78, 5) is 14.4. The molecule has 1 aliphatic rings. The number of ether oxygens (including phenoxy) is 1. The molecule has 2 aromatic carbocycles. The molecule has 0 radical (unpaired) electrons. The Morgan fingerprint density at radius 2 is 2.00 bits per heavy atom. The molecule has 1 amide bonds. The second-order valence-electron chi connectivity index (χ2n) is 6.13. The number of halogens is 2. The van der Waals surface area contributed by atoms with Crippen LogP contribution in [0.2, 0.25) is 5.02 Å².